The molecular weight excluding hydrogens is 288 g/mol. The Kier molecular flexibility index (Phi) is 5.77. The lowest BCUT2D eigenvalue weighted by Gasteiger charge is -2.18. The zero-order valence-corrected chi connectivity index (χ0v) is 13.9. The minimum atomic E-state index is -0.665. The van der Waals surface area contributed by atoms with Crippen molar-refractivity contribution in [3.63, 3.8) is 0 Å². The van der Waals surface area contributed by atoms with Gasteiger partial charge in [-0.1, -0.05) is 42.0 Å². The predicted molar refractivity (Wildman–Crippen MR) is 92.4 cm³/mol. The number of carbonyl (C=O) groups is 1. The Bertz CT molecular complexity index is 653. The summed E-state index contributed by atoms with van der Waals surface area (Å²) in [6.45, 7) is 6.34. The molecule has 0 aliphatic carbocycles. The quantitative estimate of drug-likeness (QED) is 0.862. The Labute approximate surface area is 137 Å². The predicted octanol–water partition coefficient (Wildman–Crippen LogP) is 2.89. The van der Waals surface area contributed by atoms with E-state index in [0.29, 0.717) is 6.54 Å². The van der Waals surface area contributed by atoms with Crippen molar-refractivity contribution in [2.75, 3.05) is 6.54 Å². The summed E-state index contributed by atoms with van der Waals surface area (Å²) >= 11 is 0. The van der Waals surface area contributed by atoms with E-state index < -0.39 is 6.04 Å². The summed E-state index contributed by atoms with van der Waals surface area (Å²) in [5.74, 6) is 0.600. The van der Waals surface area contributed by atoms with Crippen LogP contribution in [0.1, 0.15) is 29.7 Å². The monoisotopic (exact) mass is 312 g/mol. The maximum absolute atomic E-state index is 12.1. The Morgan fingerprint density at radius 1 is 1.13 bits per heavy atom. The number of hydrogen-bond donors (Lipinski definition) is 2. The van der Waals surface area contributed by atoms with Gasteiger partial charge in [-0.25, -0.2) is 0 Å². The summed E-state index contributed by atoms with van der Waals surface area (Å²) in [7, 11) is 0. The van der Waals surface area contributed by atoms with Gasteiger partial charge in [-0.3, -0.25) is 4.79 Å². The first-order chi connectivity index (χ1) is 11.0. The van der Waals surface area contributed by atoms with E-state index in [1.54, 1.807) is 0 Å². The molecule has 0 radical (unpaired) electrons. The minimum Gasteiger partial charge on any atom is -0.489 e. The van der Waals surface area contributed by atoms with E-state index in [1.165, 1.54) is 0 Å². The van der Waals surface area contributed by atoms with Gasteiger partial charge in [-0.15, -0.1) is 0 Å². The largest absolute Gasteiger partial charge is 0.489 e. The van der Waals surface area contributed by atoms with Gasteiger partial charge in [0.05, 0.1) is 6.54 Å². The number of nitrogens with one attached hydrogen (secondary N) is 1. The van der Waals surface area contributed by atoms with Crippen LogP contribution in [0.15, 0.2) is 48.5 Å². The number of hydrogen-bond acceptors (Lipinski definition) is 3. The summed E-state index contributed by atoms with van der Waals surface area (Å²) in [6.07, 6.45) is -0.133. The van der Waals surface area contributed by atoms with Crippen LogP contribution in [0.3, 0.4) is 0 Å². The zero-order chi connectivity index (χ0) is 16.8. The van der Waals surface area contributed by atoms with Crippen molar-refractivity contribution in [3.8, 4) is 5.75 Å². The van der Waals surface area contributed by atoms with Gasteiger partial charge >= 0.3 is 0 Å². The van der Waals surface area contributed by atoms with Crippen LogP contribution in [-0.2, 0) is 4.79 Å². The van der Waals surface area contributed by atoms with E-state index in [2.05, 4.69) is 5.32 Å². The molecule has 0 saturated heterocycles. The summed E-state index contributed by atoms with van der Waals surface area (Å²) in [5, 5.41) is 2.84. The van der Waals surface area contributed by atoms with Gasteiger partial charge in [0.1, 0.15) is 17.9 Å². The van der Waals surface area contributed by atoms with Gasteiger partial charge in [0.2, 0.25) is 5.91 Å². The number of rotatable bonds is 6. The third-order valence-electron chi connectivity index (χ3n) is 3.61. The van der Waals surface area contributed by atoms with Crippen molar-refractivity contribution in [3.05, 3.63) is 65.2 Å². The first-order valence-electron chi connectivity index (χ1n) is 7.79. The molecule has 1 amide bonds. The molecule has 2 atom stereocenters. The smallest absolute Gasteiger partial charge is 0.241 e. The van der Waals surface area contributed by atoms with Crippen LogP contribution in [0, 0.1) is 13.8 Å². The van der Waals surface area contributed by atoms with Crippen LogP contribution in [-0.4, -0.2) is 18.6 Å². The van der Waals surface area contributed by atoms with Crippen molar-refractivity contribution in [2.45, 2.75) is 32.9 Å². The second-order valence-electron chi connectivity index (χ2n) is 5.88. The molecule has 0 fully saturated rings. The van der Waals surface area contributed by atoms with Crippen molar-refractivity contribution >= 4 is 5.91 Å². The molecule has 0 aliphatic rings. The summed E-state index contributed by atoms with van der Waals surface area (Å²) < 4.78 is 5.79. The van der Waals surface area contributed by atoms with Crippen LogP contribution in [0.5, 0.6) is 5.75 Å². The maximum Gasteiger partial charge on any atom is 0.241 e. The number of carbonyl (C=O) groups excluding carboxylic acids is 1. The Morgan fingerprint density at radius 2 is 1.83 bits per heavy atom. The van der Waals surface area contributed by atoms with E-state index in [1.807, 2.05) is 69.3 Å². The SMILES string of the molecule is Cc1ccc(C(N)C(=O)NCC(C)Oc2cccc(C)c2)cc1. The lowest BCUT2D eigenvalue weighted by atomic mass is 10.1. The fourth-order valence-corrected chi connectivity index (χ4v) is 2.24. The summed E-state index contributed by atoms with van der Waals surface area (Å²) in [4.78, 5) is 12.1. The van der Waals surface area contributed by atoms with E-state index in [-0.39, 0.29) is 12.0 Å². The van der Waals surface area contributed by atoms with Gasteiger partial charge in [-0.05, 0) is 44.0 Å². The lowest BCUT2D eigenvalue weighted by molar-refractivity contribution is -0.122. The topological polar surface area (TPSA) is 64.4 Å². The second kappa shape index (κ2) is 7.79. The first-order valence-corrected chi connectivity index (χ1v) is 7.79. The lowest BCUT2D eigenvalue weighted by Crippen LogP contribution is -2.39. The summed E-state index contributed by atoms with van der Waals surface area (Å²) in [6, 6.07) is 14.8. The van der Waals surface area contributed by atoms with Crippen LogP contribution < -0.4 is 15.8 Å². The molecular formula is C19H24N2O2. The minimum absolute atomic E-state index is 0.133. The molecule has 0 heterocycles. The van der Waals surface area contributed by atoms with Gasteiger partial charge < -0.3 is 15.8 Å². The number of ether oxygens (including phenoxy) is 1. The van der Waals surface area contributed by atoms with Crippen molar-refractivity contribution in [1.82, 2.24) is 5.32 Å². The molecule has 4 nitrogen and oxygen atoms in total. The zero-order valence-electron chi connectivity index (χ0n) is 13.9. The standard InChI is InChI=1S/C19H24N2O2/c1-13-7-9-16(10-8-13)18(20)19(22)21-12-15(3)23-17-6-4-5-14(2)11-17/h4-11,15,18H,12,20H2,1-3H3,(H,21,22). The molecule has 2 unspecified atom stereocenters. The van der Waals surface area contributed by atoms with Crippen LogP contribution in [0.25, 0.3) is 0 Å². The average Bonchev–Trinajstić information content (AvgIpc) is 2.52. The molecule has 0 spiro atoms. The second-order valence-corrected chi connectivity index (χ2v) is 5.88. The van der Waals surface area contributed by atoms with E-state index in [9.17, 15) is 4.79 Å². The van der Waals surface area contributed by atoms with Gasteiger partial charge in [0, 0.05) is 0 Å². The fraction of sp³-hybridized carbons (Fsp3) is 0.316. The highest BCUT2D eigenvalue weighted by atomic mass is 16.5. The average molecular weight is 312 g/mol. The van der Waals surface area contributed by atoms with Crippen molar-refractivity contribution < 1.29 is 9.53 Å². The molecule has 0 saturated carbocycles. The molecule has 2 rings (SSSR count). The normalized spacial score (nSPS) is 13.2. The summed E-state index contributed by atoms with van der Waals surface area (Å²) in [5.41, 5.74) is 9.08. The van der Waals surface area contributed by atoms with E-state index in [4.69, 9.17) is 10.5 Å². The number of amides is 1. The fourth-order valence-electron chi connectivity index (χ4n) is 2.24. The maximum atomic E-state index is 12.1. The van der Waals surface area contributed by atoms with Gasteiger partial charge in [0.25, 0.3) is 0 Å². The number of benzene rings is 2. The molecule has 4 heteroatoms. The number of aryl methyl sites for hydroxylation is 2. The van der Waals surface area contributed by atoms with E-state index in [0.717, 1.165) is 22.4 Å². The molecule has 23 heavy (non-hydrogen) atoms. The highest BCUT2D eigenvalue weighted by Crippen LogP contribution is 2.14. The Morgan fingerprint density at radius 3 is 2.48 bits per heavy atom. The van der Waals surface area contributed by atoms with Crippen molar-refractivity contribution in [1.29, 1.82) is 0 Å². The Hall–Kier alpha value is -2.33. The molecule has 3 N–H and O–H groups in total. The van der Waals surface area contributed by atoms with Crippen LogP contribution >= 0.6 is 0 Å². The molecule has 2 aromatic rings. The van der Waals surface area contributed by atoms with Gasteiger partial charge in [-0.2, -0.15) is 0 Å². The molecule has 2 aromatic carbocycles. The van der Waals surface area contributed by atoms with E-state index >= 15 is 0 Å². The molecule has 0 bridgehead atoms. The highest BCUT2D eigenvalue weighted by molar-refractivity contribution is 5.82. The molecule has 0 aromatic heterocycles. The highest BCUT2D eigenvalue weighted by Gasteiger charge is 2.16. The molecule has 122 valence electrons. The Balaban J connectivity index is 1.84. The third-order valence-corrected chi connectivity index (χ3v) is 3.61. The third kappa shape index (κ3) is 5.11. The van der Waals surface area contributed by atoms with Gasteiger partial charge in [0.15, 0.2) is 0 Å². The van der Waals surface area contributed by atoms with Crippen LogP contribution in [0.2, 0.25) is 0 Å². The van der Waals surface area contributed by atoms with Crippen molar-refractivity contribution in [2.24, 2.45) is 5.73 Å². The molecule has 0 aliphatic heterocycles. The van der Waals surface area contributed by atoms with Crippen LogP contribution in [0.4, 0.5) is 0 Å². The first kappa shape index (κ1) is 17.0. The number of nitrogens with two attached hydrogens (primary N) is 1.